The van der Waals surface area contributed by atoms with Crippen molar-refractivity contribution in [3.8, 4) is 11.1 Å². The molecule has 6 nitrogen and oxygen atoms in total. The fourth-order valence-electron chi connectivity index (χ4n) is 18.8. The molecule has 12 aromatic rings. The smallest absolute Gasteiger partial charge is 0.252 e. The minimum Gasteiger partial charge on any atom is -0.456 e. The number of nitrogens with zero attached hydrogens (tertiary/aromatic N) is 4. The molecule has 89 heavy (non-hydrogen) atoms. The van der Waals surface area contributed by atoms with Crippen LogP contribution in [0.3, 0.4) is 0 Å². The van der Waals surface area contributed by atoms with Gasteiger partial charge in [-0.05, 0) is 187 Å². The van der Waals surface area contributed by atoms with Crippen LogP contribution in [-0.2, 0) is 16.2 Å². The number of anilines is 10. The van der Waals surface area contributed by atoms with Gasteiger partial charge in [-0.25, -0.2) is 0 Å². The molecule has 4 atom stereocenters. The molecule has 2 aromatic heterocycles. The number of fused-ring (bicyclic) bond motifs is 16. The lowest BCUT2D eigenvalue weighted by molar-refractivity contribution is 0.194. The summed E-state index contributed by atoms with van der Waals surface area (Å²) >= 11 is 0. The molecule has 2 fully saturated rings. The highest BCUT2D eigenvalue weighted by molar-refractivity contribution is 7.00. The first-order chi connectivity index (χ1) is 43.1. The highest BCUT2D eigenvalue weighted by Gasteiger charge is 2.60. The highest BCUT2D eigenvalue weighted by Crippen LogP contribution is 2.65. The van der Waals surface area contributed by atoms with Gasteiger partial charge in [0.2, 0.25) is 0 Å². The Hall–Kier alpha value is -8.94. The Labute approximate surface area is 523 Å². The van der Waals surface area contributed by atoms with E-state index in [0.29, 0.717) is 0 Å². The molecule has 18 rings (SSSR count). The van der Waals surface area contributed by atoms with Crippen molar-refractivity contribution in [2.45, 2.75) is 141 Å². The topological polar surface area (TPSA) is 39.2 Å². The summed E-state index contributed by atoms with van der Waals surface area (Å²) in [6, 6.07) is 74.3. The van der Waals surface area contributed by atoms with E-state index in [1.54, 1.807) is 0 Å². The highest BCUT2D eigenvalue weighted by atomic mass is 16.3. The summed E-state index contributed by atoms with van der Waals surface area (Å²) < 4.78 is 14.1. The van der Waals surface area contributed by atoms with Gasteiger partial charge in [-0.15, -0.1) is 0 Å². The second-order valence-electron chi connectivity index (χ2n) is 29.1. The monoisotopic (exact) mass is 1160 g/mol. The fourth-order valence-corrected chi connectivity index (χ4v) is 18.8. The first-order valence-electron chi connectivity index (χ1n) is 32.9. The number of para-hydroxylation sites is 3. The zero-order chi connectivity index (χ0) is 60.3. The van der Waals surface area contributed by atoms with E-state index in [9.17, 15) is 0 Å². The molecule has 0 spiro atoms. The summed E-state index contributed by atoms with van der Waals surface area (Å²) in [5.74, 6) is 0. The van der Waals surface area contributed by atoms with Crippen molar-refractivity contribution in [3.05, 3.63) is 222 Å². The lowest BCUT2D eigenvalue weighted by Gasteiger charge is -2.51. The third-order valence-corrected chi connectivity index (χ3v) is 23.4. The van der Waals surface area contributed by atoms with Gasteiger partial charge < -0.3 is 28.4 Å². The molecule has 2 saturated carbocycles. The standard InChI is InChI=1S/C82H75BN4O2/c1-50-43-51(2)75-68(44-50)87(82(9)42-20-18-40-80(75,82)7)56-48-69-76-70(49-56)85(66-29-21-27-58-57-25-13-15-30-71(57)89-77(58)66)67-47-55(86-63-38-34-54(78(3,4)5)46-60(63)79(6)39-17-19-41-81(79,86)8)35-36-61(67)83(76)62-45-53(52-23-11-10-12-24-52)33-37-64(62)84(69)65-28-22-32-73-74(65)59-26-14-16-31-72(59)88-73/h10-16,21-38,43-49H,17-20,39-42H2,1-9H3. The van der Waals surface area contributed by atoms with Crippen LogP contribution in [0.15, 0.2) is 203 Å². The molecular formula is C82H75BN4O2. The van der Waals surface area contributed by atoms with Crippen LogP contribution in [0.5, 0.6) is 0 Å². The molecular weight excluding hydrogens is 1080 g/mol. The maximum absolute atomic E-state index is 7.29. The number of rotatable bonds is 5. The molecule has 438 valence electrons. The Balaban J connectivity index is 0.989. The van der Waals surface area contributed by atoms with Crippen LogP contribution < -0.4 is 36.0 Å². The largest absolute Gasteiger partial charge is 0.456 e. The van der Waals surface area contributed by atoms with Crippen LogP contribution in [0.1, 0.15) is 128 Å². The Morgan fingerprint density at radius 2 is 1.04 bits per heavy atom. The number of furan rings is 2. The lowest BCUT2D eigenvalue weighted by atomic mass is 9.33. The van der Waals surface area contributed by atoms with Crippen LogP contribution in [0.2, 0.25) is 0 Å². The minimum absolute atomic E-state index is 0.0197. The molecule has 4 aliphatic heterocycles. The van der Waals surface area contributed by atoms with Gasteiger partial charge in [-0.1, -0.05) is 182 Å². The molecule has 0 amide bonds. The molecule has 0 N–H and O–H groups in total. The zero-order valence-corrected chi connectivity index (χ0v) is 52.8. The third kappa shape index (κ3) is 7.05. The van der Waals surface area contributed by atoms with E-state index in [-0.39, 0.29) is 34.0 Å². The fraction of sp³-hybridized carbons (Fsp3) is 0.268. The average molecular weight is 1160 g/mol. The van der Waals surface area contributed by atoms with Gasteiger partial charge in [0.05, 0.1) is 27.8 Å². The molecule has 7 heteroatoms. The molecule has 0 bridgehead atoms. The quantitative estimate of drug-likeness (QED) is 0.160. The van der Waals surface area contributed by atoms with Crippen molar-refractivity contribution >= 4 is 124 Å². The van der Waals surface area contributed by atoms with Crippen LogP contribution in [-0.4, -0.2) is 17.8 Å². The first kappa shape index (κ1) is 53.1. The molecule has 0 saturated heterocycles. The van der Waals surface area contributed by atoms with Crippen molar-refractivity contribution < 1.29 is 8.83 Å². The maximum atomic E-state index is 7.29. The van der Waals surface area contributed by atoms with Gasteiger partial charge in [0.25, 0.3) is 6.71 Å². The van der Waals surface area contributed by atoms with Crippen molar-refractivity contribution in [1.29, 1.82) is 0 Å². The van der Waals surface area contributed by atoms with Gasteiger partial charge >= 0.3 is 0 Å². The summed E-state index contributed by atoms with van der Waals surface area (Å²) in [7, 11) is 0. The van der Waals surface area contributed by atoms with Crippen LogP contribution >= 0.6 is 0 Å². The number of benzene rings is 10. The second-order valence-corrected chi connectivity index (χ2v) is 29.1. The maximum Gasteiger partial charge on any atom is 0.252 e. The van der Waals surface area contributed by atoms with Crippen molar-refractivity contribution in [2.24, 2.45) is 0 Å². The normalized spacial score (nSPS) is 22.4. The van der Waals surface area contributed by atoms with Gasteiger partial charge in [-0.3, -0.25) is 0 Å². The molecule has 10 aromatic carbocycles. The van der Waals surface area contributed by atoms with Crippen LogP contribution in [0.4, 0.5) is 56.9 Å². The SMILES string of the molecule is Cc1cc(C)c2c(c1)N(c1cc3c4c(c1)N(c1cccc5oc6ccccc6c15)c1ccc(-c5ccccc5)cc1B4c1ccc(N4c5ccc(C(C)(C)C)cc5C5(C)CCCCC45C)cc1N3c1cccc3c1oc1ccccc13)C1(C)CCCCC21C. The van der Waals surface area contributed by atoms with Gasteiger partial charge in [0.15, 0.2) is 5.58 Å². The summed E-state index contributed by atoms with van der Waals surface area (Å²) in [5.41, 5.74) is 28.2. The molecule has 2 aliphatic carbocycles. The number of hydrogen-bond acceptors (Lipinski definition) is 6. The number of aryl methyl sites for hydroxylation is 2. The molecule has 6 heterocycles. The number of hydrogen-bond donors (Lipinski definition) is 0. The Bertz CT molecular complexity index is 5010. The average Bonchev–Trinajstić information content (AvgIpc) is 1.12. The van der Waals surface area contributed by atoms with Gasteiger partial charge in [0.1, 0.15) is 16.7 Å². The molecule has 4 unspecified atom stereocenters. The zero-order valence-electron chi connectivity index (χ0n) is 52.8. The Morgan fingerprint density at radius 3 is 1.82 bits per heavy atom. The van der Waals surface area contributed by atoms with Crippen LogP contribution in [0.25, 0.3) is 55.0 Å². The predicted molar refractivity (Wildman–Crippen MR) is 374 cm³/mol. The Morgan fingerprint density at radius 1 is 0.427 bits per heavy atom. The van der Waals surface area contributed by atoms with E-state index in [2.05, 4.69) is 276 Å². The predicted octanol–water partition coefficient (Wildman–Crippen LogP) is 20.6. The first-order valence-corrected chi connectivity index (χ1v) is 32.9. The van der Waals surface area contributed by atoms with Crippen molar-refractivity contribution in [2.75, 3.05) is 19.6 Å². The lowest BCUT2D eigenvalue weighted by Crippen LogP contribution is -2.61. The minimum atomic E-state index is -0.226. The second kappa shape index (κ2) is 18.3. The van der Waals surface area contributed by atoms with E-state index < -0.39 is 0 Å². The van der Waals surface area contributed by atoms with Crippen molar-refractivity contribution in [1.82, 2.24) is 0 Å². The molecule has 0 radical (unpaired) electrons. The Kier molecular flexibility index (Phi) is 10.9. The van der Waals surface area contributed by atoms with E-state index in [1.807, 2.05) is 0 Å². The van der Waals surface area contributed by atoms with E-state index >= 15 is 0 Å². The summed E-state index contributed by atoms with van der Waals surface area (Å²) in [4.78, 5) is 10.9. The van der Waals surface area contributed by atoms with E-state index in [4.69, 9.17) is 8.83 Å². The van der Waals surface area contributed by atoms with Gasteiger partial charge in [-0.2, -0.15) is 0 Å². The van der Waals surface area contributed by atoms with Crippen molar-refractivity contribution in [3.63, 3.8) is 0 Å². The third-order valence-electron chi connectivity index (χ3n) is 23.4. The van der Waals surface area contributed by atoms with Gasteiger partial charge in [0, 0.05) is 72.5 Å². The molecule has 6 aliphatic rings. The summed E-state index contributed by atoms with van der Waals surface area (Å²) in [6.07, 6.45) is 9.31. The van der Waals surface area contributed by atoms with Crippen LogP contribution in [0, 0.1) is 13.8 Å². The van der Waals surface area contributed by atoms with E-state index in [0.717, 1.165) is 86.6 Å². The summed E-state index contributed by atoms with van der Waals surface area (Å²) in [5, 5.41) is 4.44. The van der Waals surface area contributed by atoms with E-state index in [1.165, 1.54) is 121 Å². The summed E-state index contributed by atoms with van der Waals surface area (Å²) in [6.45, 7) is 21.9.